The number of amides is 3. The Bertz CT molecular complexity index is 352. The number of nitrogens with one attached hydrogen (secondary N) is 3. The Morgan fingerprint density at radius 3 is 1.82 bits per heavy atom. The Morgan fingerprint density at radius 2 is 1.36 bits per heavy atom. The van der Waals surface area contributed by atoms with Gasteiger partial charge in [0.15, 0.2) is 0 Å². The molecule has 0 fully saturated rings. The zero-order valence-corrected chi connectivity index (χ0v) is 13.4. The van der Waals surface area contributed by atoms with Gasteiger partial charge in [-0.15, -0.1) is 0 Å². The molecule has 0 aliphatic rings. The molecule has 0 rings (SSSR count). The van der Waals surface area contributed by atoms with E-state index < -0.39 is 18.1 Å². The van der Waals surface area contributed by atoms with E-state index in [9.17, 15) is 22.8 Å². The van der Waals surface area contributed by atoms with Gasteiger partial charge in [-0.25, -0.2) is 4.79 Å². The summed E-state index contributed by atoms with van der Waals surface area (Å²) in [6, 6.07) is 0.221. The molecule has 0 aliphatic heterocycles. The van der Waals surface area contributed by atoms with Crippen molar-refractivity contribution in [3.05, 3.63) is 0 Å². The second-order valence-electron chi connectivity index (χ2n) is 5.36. The molecule has 0 aromatic heterocycles. The standard InChI is InChI=1S/C13H25F3N4O2/c1-9(2)20(10(3)4)8-7-19-12(22)18-6-5-17-11(21)13(14,15)16/h9-10H,5-8H2,1-4H3,(H,17,21)(H2,18,19,22). The number of nitrogens with zero attached hydrogens (tertiary/aromatic N) is 1. The highest BCUT2D eigenvalue weighted by Crippen LogP contribution is 2.13. The van der Waals surface area contributed by atoms with Crippen LogP contribution in [0.5, 0.6) is 0 Å². The highest BCUT2D eigenvalue weighted by molar-refractivity contribution is 5.81. The zero-order chi connectivity index (χ0) is 17.3. The zero-order valence-electron chi connectivity index (χ0n) is 13.4. The van der Waals surface area contributed by atoms with Crippen LogP contribution in [0.25, 0.3) is 0 Å². The molecule has 0 atom stereocenters. The molecule has 3 amide bonds. The van der Waals surface area contributed by atoms with E-state index in [0.29, 0.717) is 25.2 Å². The smallest absolute Gasteiger partial charge is 0.347 e. The minimum Gasteiger partial charge on any atom is -0.347 e. The van der Waals surface area contributed by atoms with Gasteiger partial charge in [0, 0.05) is 38.3 Å². The maximum Gasteiger partial charge on any atom is 0.471 e. The van der Waals surface area contributed by atoms with Crippen molar-refractivity contribution in [3.63, 3.8) is 0 Å². The van der Waals surface area contributed by atoms with E-state index in [1.54, 1.807) is 5.32 Å². The number of carbonyl (C=O) groups excluding carboxylic acids is 2. The van der Waals surface area contributed by atoms with Crippen LogP contribution in [-0.4, -0.2) is 61.3 Å². The molecule has 0 bridgehead atoms. The number of halogens is 3. The van der Waals surface area contributed by atoms with Crippen LogP contribution in [0.4, 0.5) is 18.0 Å². The van der Waals surface area contributed by atoms with Crippen LogP contribution in [0.1, 0.15) is 27.7 Å². The quantitative estimate of drug-likeness (QED) is 0.585. The van der Waals surface area contributed by atoms with Gasteiger partial charge in [-0.1, -0.05) is 0 Å². The first-order valence-electron chi connectivity index (χ1n) is 7.18. The number of hydrogen-bond donors (Lipinski definition) is 3. The first kappa shape index (κ1) is 20.5. The monoisotopic (exact) mass is 326 g/mol. The van der Waals surface area contributed by atoms with Gasteiger partial charge in [0.25, 0.3) is 0 Å². The fraction of sp³-hybridized carbons (Fsp3) is 0.846. The Morgan fingerprint density at radius 1 is 0.909 bits per heavy atom. The molecule has 0 aliphatic carbocycles. The van der Waals surface area contributed by atoms with E-state index in [0.717, 1.165) is 0 Å². The van der Waals surface area contributed by atoms with Crippen LogP contribution in [0, 0.1) is 0 Å². The van der Waals surface area contributed by atoms with E-state index in [2.05, 4.69) is 43.2 Å². The molecule has 0 heterocycles. The van der Waals surface area contributed by atoms with Crippen molar-refractivity contribution in [2.75, 3.05) is 26.2 Å². The molecule has 0 aromatic carbocycles. The molecule has 0 saturated carbocycles. The summed E-state index contributed by atoms with van der Waals surface area (Å²) in [6.07, 6.45) is -4.90. The molecule has 22 heavy (non-hydrogen) atoms. The molecule has 0 aromatic rings. The van der Waals surface area contributed by atoms with Crippen molar-refractivity contribution >= 4 is 11.9 Å². The summed E-state index contributed by atoms with van der Waals surface area (Å²) in [7, 11) is 0. The van der Waals surface area contributed by atoms with Crippen LogP contribution in [0.15, 0.2) is 0 Å². The lowest BCUT2D eigenvalue weighted by molar-refractivity contribution is -0.173. The third kappa shape index (κ3) is 8.71. The number of carbonyl (C=O) groups is 2. The van der Waals surface area contributed by atoms with E-state index >= 15 is 0 Å². The van der Waals surface area contributed by atoms with E-state index in [1.807, 2.05) is 0 Å². The summed E-state index contributed by atoms with van der Waals surface area (Å²) in [5.41, 5.74) is 0. The maximum absolute atomic E-state index is 11.9. The fourth-order valence-electron chi connectivity index (χ4n) is 1.93. The highest BCUT2D eigenvalue weighted by Gasteiger charge is 2.38. The van der Waals surface area contributed by atoms with Gasteiger partial charge in [0.05, 0.1) is 0 Å². The number of hydrogen-bond acceptors (Lipinski definition) is 3. The summed E-state index contributed by atoms with van der Waals surface area (Å²) in [6.45, 7) is 8.98. The van der Waals surface area contributed by atoms with Crippen LogP contribution in [-0.2, 0) is 4.79 Å². The van der Waals surface area contributed by atoms with Gasteiger partial charge in [0.1, 0.15) is 0 Å². The van der Waals surface area contributed by atoms with Gasteiger partial charge < -0.3 is 16.0 Å². The highest BCUT2D eigenvalue weighted by atomic mass is 19.4. The minimum absolute atomic E-state index is 0.0777. The number of alkyl halides is 3. The van der Waals surface area contributed by atoms with Crippen molar-refractivity contribution in [2.45, 2.75) is 46.0 Å². The van der Waals surface area contributed by atoms with E-state index in [-0.39, 0.29) is 13.1 Å². The normalized spacial score (nSPS) is 11.9. The molecule has 3 N–H and O–H groups in total. The first-order valence-corrected chi connectivity index (χ1v) is 7.18. The molecular formula is C13H25F3N4O2. The van der Waals surface area contributed by atoms with Crippen molar-refractivity contribution in [1.82, 2.24) is 20.9 Å². The van der Waals surface area contributed by atoms with Gasteiger partial charge >= 0.3 is 18.1 Å². The third-order valence-corrected chi connectivity index (χ3v) is 2.94. The van der Waals surface area contributed by atoms with Crippen LogP contribution in [0.2, 0.25) is 0 Å². The molecule has 0 spiro atoms. The average molecular weight is 326 g/mol. The van der Waals surface area contributed by atoms with Crippen molar-refractivity contribution in [3.8, 4) is 0 Å². The second kappa shape index (κ2) is 9.50. The SMILES string of the molecule is CC(C)N(CCNC(=O)NCCNC(=O)C(F)(F)F)C(C)C. The Kier molecular flexibility index (Phi) is 8.84. The summed E-state index contributed by atoms with van der Waals surface area (Å²) < 4.78 is 35.7. The summed E-state index contributed by atoms with van der Waals surface area (Å²) >= 11 is 0. The lowest BCUT2D eigenvalue weighted by Gasteiger charge is -2.30. The lowest BCUT2D eigenvalue weighted by Crippen LogP contribution is -2.46. The Labute approximate surface area is 128 Å². The molecule has 130 valence electrons. The Balaban J connectivity index is 3.81. The van der Waals surface area contributed by atoms with Crippen molar-refractivity contribution < 1.29 is 22.8 Å². The van der Waals surface area contributed by atoms with Crippen LogP contribution >= 0.6 is 0 Å². The lowest BCUT2D eigenvalue weighted by atomic mass is 10.2. The molecular weight excluding hydrogens is 301 g/mol. The second-order valence-corrected chi connectivity index (χ2v) is 5.36. The predicted octanol–water partition coefficient (Wildman–Crippen LogP) is 1.08. The summed E-state index contributed by atoms with van der Waals surface area (Å²) in [5.74, 6) is -2.01. The van der Waals surface area contributed by atoms with Crippen LogP contribution < -0.4 is 16.0 Å². The molecule has 0 saturated heterocycles. The van der Waals surface area contributed by atoms with Gasteiger partial charge in [-0.2, -0.15) is 13.2 Å². The predicted molar refractivity (Wildman–Crippen MR) is 77.4 cm³/mol. The minimum atomic E-state index is -4.90. The summed E-state index contributed by atoms with van der Waals surface area (Å²) in [4.78, 5) is 24.1. The fourth-order valence-corrected chi connectivity index (χ4v) is 1.93. The first-order chi connectivity index (χ1) is 10.1. The third-order valence-electron chi connectivity index (χ3n) is 2.94. The molecule has 0 unspecified atom stereocenters. The molecule has 6 nitrogen and oxygen atoms in total. The molecule has 9 heteroatoms. The van der Waals surface area contributed by atoms with E-state index in [4.69, 9.17) is 0 Å². The number of urea groups is 1. The summed E-state index contributed by atoms with van der Waals surface area (Å²) in [5, 5.41) is 6.65. The average Bonchev–Trinajstić information content (AvgIpc) is 2.37. The van der Waals surface area contributed by atoms with E-state index in [1.165, 1.54) is 0 Å². The molecule has 0 radical (unpaired) electrons. The number of rotatable bonds is 8. The van der Waals surface area contributed by atoms with Crippen molar-refractivity contribution in [1.29, 1.82) is 0 Å². The van der Waals surface area contributed by atoms with Crippen LogP contribution in [0.3, 0.4) is 0 Å². The Hall–Kier alpha value is -1.51. The van der Waals surface area contributed by atoms with Gasteiger partial charge in [0.2, 0.25) is 0 Å². The maximum atomic E-state index is 11.9. The largest absolute Gasteiger partial charge is 0.471 e. The topological polar surface area (TPSA) is 73.5 Å². The van der Waals surface area contributed by atoms with Crippen molar-refractivity contribution in [2.24, 2.45) is 0 Å². The van der Waals surface area contributed by atoms with Gasteiger partial charge in [-0.3, -0.25) is 9.69 Å². The van der Waals surface area contributed by atoms with Gasteiger partial charge in [-0.05, 0) is 27.7 Å².